The van der Waals surface area contributed by atoms with Crippen LogP contribution in [0.15, 0.2) is 66.7 Å². The van der Waals surface area contributed by atoms with Crippen molar-refractivity contribution in [2.75, 3.05) is 30.5 Å². The molecule has 0 aliphatic carbocycles. The predicted octanol–water partition coefficient (Wildman–Crippen LogP) is 5.50. The fourth-order valence-corrected chi connectivity index (χ4v) is 13.3. The van der Waals surface area contributed by atoms with Crippen molar-refractivity contribution >= 4 is 42.4 Å². The van der Waals surface area contributed by atoms with Crippen LogP contribution in [-0.2, 0) is 37.7 Å². The molecular formula is C40H49N3O6Si. The Balaban J connectivity index is 1.28. The number of fused-ring (bicyclic) bond motifs is 3. The van der Waals surface area contributed by atoms with E-state index in [0.29, 0.717) is 31.6 Å². The molecule has 0 bridgehead atoms. The molecule has 3 amide bonds. The van der Waals surface area contributed by atoms with Crippen molar-refractivity contribution in [3.05, 3.63) is 83.4 Å². The number of carbonyl (C=O) groups is 3. The Morgan fingerprint density at radius 2 is 1.76 bits per heavy atom. The van der Waals surface area contributed by atoms with Gasteiger partial charge in [0.2, 0.25) is 11.8 Å². The summed E-state index contributed by atoms with van der Waals surface area (Å²) in [6, 6.07) is 21.7. The Morgan fingerprint density at radius 3 is 2.50 bits per heavy atom. The molecular weight excluding hydrogens is 647 g/mol. The van der Waals surface area contributed by atoms with Gasteiger partial charge in [0.05, 0.1) is 40.4 Å². The number of amides is 3. The quantitative estimate of drug-likeness (QED) is 0.317. The topological polar surface area (TPSA) is 108 Å². The van der Waals surface area contributed by atoms with Gasteiger partial charge in [0.1, 0.15) is 5.75 Å². The lowest BCUT2D eigenvalue weighted by Gasteiger charge is -2.39. The Kier molecular flexibility index (Phi) is 9.38. The molecule has 2 fully saturated rings. The second kappa shape index (κ2) is 13.6. The number of methoxy groups -OCH3 is 1. The molecule has 0 aromatic heterocycles. The summed E-state index contributed by atoms with van der Waals surface area (Å²) in [7, 11) is -0.814. The summed E-state index contributed by atoms with van der Waals surface area (Å²) in [5, 5.41) is 14.7. The SMILES string of the molecule is COc1ccc([Si](C)(C)[C@H]2[C@H](CC(=O)N3Cc4ccccc4C[C@H]3CO)O[C@@]3(C(=O)Nc4ccc(N5CCCCCCC5=O)cc43)[C@@H]2C)cc1. The van der Waals surface area contributed by atoms with Gasteiger partial charge in [0.15, 0.2) is 5.60 Å². The van der Waals surface area contributed by atoms with Gasteiger partial charge in [-0.25, -0.2) is 0 Å². The van der Waals surface area contributed by atoms with Gasteiger partial charge in [0.25, 0.3) is 5.91 Å². The molecule has 2 N–H and O–H groups in total. The van der Waals surface area contributed by atoms with Crippen LogP contribution in [0.5, 0.6) is 5.75 Å². The monoisotopic (exact) mass is 695 g/mol. The highest BCUT2D eigenvalue weighted by molar-refractivity contribution is 6.91. The van der Waals surface area contributed by atoms with E-state index in [1.54, 1.807) is 12.0 Å². The van der Waals surface area contributed by atoms with Crippen molar-refractivity contribution in [3.8, 4) is 5.75 Å². The lowest BCUT2D eigenvalue weighted by atomic mass is 9.82. The first-order valence-corrected chi connectivity index (χ1v) is 21.2. The van der Waals surface area contributed by atoms with Crippen LogP contribution in [0.25, 0.3) is 0 Å². The van der Waals surface area contributed by atoms with Crippen LogP contribution in [-0.4, -0.2) is 68.2 Å². The predicted molar refractivity (Wildman–Crippen MR) is 196 cm³/mol. The number of carbonyl (C=O) groups excluding carboxylic acids is 3. The first-order chi connectivity index (χ1) is 24.1. The van der Waals surface area contributed by atoms with E-state index in [2.05, 4.69) is 43.5 Å². The van der Waals surface area contributed by atoms with E-state index in [1.807, 2.05) is 53.4 Å². The minimum absolute atomic E-state index is 0.0871. The summed E-state index contributed by atoms with van der Waals surface area (Å²) in [5.41, 5.74) is 3.00. The molecule has 0 radical (unpaired) electrons. The van der Waals surface area contributed by atoms with Gasteiger partial charge in [-0.2, -0.15) is 0 Å². The van der Waals surface area contributed by atoms with E-state index < -0.39 is 19.8 Å². The van der Waals surface area contributed by atoms with Gasteiger partial charge in [0, 0.05) is 42.4 Å². The minimum atomic E-state index is -2.47. The zero-order chi connectivity index (χ0) is 35.2. The molecule has 4 heterocycles. The minimum Gasteiger partial charge on any atom is -0.497 e. The molecule has 3 aromatic carbocycles. The van der Waals surface area contributed by atoms with Gasteiger partial charge in [-0.15, -0.1) is 0 Å². The Morgan fingerprint density at radius 1 is 1.02 bits per heavy atom. The number of nitrogens with zero attached hydrogens (tertiary/aromatic N) is 2. The number of benzene rings is 3. The van der Waals surface area contributed by atoms with E-state index in [4.69, 9.17) is 9.47 Å². The van der Waals surface area contributed by atoms with Crippen LogP contribution < -0.4 is 20.1 Å². The van der Waals surface area contributed by atoms with Crippen molar-refractivity contribution in [2.24, 2.45) is 5.92 Å². The zero-order valence-corrected chi connectivity index (χ0v) is 30.6. The van der Waals surface area contributed by atoms with Crippen LogP contribution in [0.4, 0.5) is 11.4 Å². The maximum Gasteiger partial charge on any atom is 0.261 e. The van der Waals surface area contributed by atoms with Gasteiger partial charge < -0.3 is 29.7 Å². The van der Waals surface area contributed by atoms with E-state index in [9.17, 15) is 19.5 Å². The Bertz CT molecular complexity index is 1780. The molecule has 2 saturated heterocycles. The third-order valence-corrected chi connectivity index (χ3v) is 16.3. The fraction of sp³-hybridized carbons (Fsp3) is 0.475. The molecule has 4 aliphatic heterocycles. The molecule has 4 aliphatic rings. The average molecular weight is 696 g/mol. The summed E-state index contributed by atoms with van der Waals surface area (Å²) in [5.74, 6) is 0.284. The third kappa shape index (κ3) is 5.84. The van der Waals surface area contributed by atoms with Crippen molar-refractivity contribution < 1.29 is 29.0 Å². The molecule has 5 atom stereocenters. The van der Waals surface area contributed by atoms with Gasteiger partial charge in [-0.3, -0.25) is 14.4 Å². The second-order valence-electron chi connectivity index (χ2n) is 15.1. The first-order valence-electron chi connectivity index (χ1n) is 18.1. The molecule has 0 unspecified atom stereocenters. The number of hydrogen-bond donors (Lipinski definition) is 2. The second-order valence-corrected chi connectivity index (χ2v) is 19.8. The normalized spacial score (nSPS) is 26.7. The number of hydrogen-bond acceptors (Lipinski definition) is 6. The summed E-state index contributed by atoms with van der Waals surface area (Å²) in [6.45, 7) is 7.64. The maximum atomic E-state index is 14.4. The number of aliphatic hydroxyl groups is 1. The van der Waals surface area contributed by atoms with Crippen LogP contribution in [0.3, 0.4) is 0 Å². The molecule has 7 rings (SSSR count). The van der Waals surface area contributed by atoms with E-state index in [-0.39, 0.29) is 48.3 Å². The van der Waals surface area contributed by atoms with Gasteiger partial charge >= 0.3 is 0 Å². The van der Waals surface area contributed by atoms with Crippen molar-refractivity contribution in [2.45, 2.75) is 94.8 Å². The van der Waals surface area contributed by atoms with E-state index in [0.717, 1.165) is 53.8 Å². The number of ether oxygens (including phenoxy) is 2. The largest absolute Gasteiger partial charge is 0.497 e. The molecule has 3 aromatic rings. The summed E-state index contributed by atoms with van der Waals surface area (Å²) in [6.07, 6.45) is 4.60. The Hall–Kier alpha value is -3.99. The Labute approximate surface area is 296 Å². The first kappa shape index (κ1) is 34.5. The smallest absolute Gasteiger partial charge is 0.261 e. The highest BCUT2D eigenvalue weighted by Crippen LogP contribution is 2.59. The van der Waals surface area contributed by atoms with Crippen LogP contribution >= 0.6 is 0 Å². The molecule has 1 spiro atoms. The molecule has 0 saturated carbocycles. The third-order valence-electron chi connectivity index (χ3n) is 12.0. The lowest BCUT2D eigenvalue weighted by molar-refractivity contribution is -0.149. The summed E-state index contributed by atoms with van der Waals surface area (Å²) in [4.78, 5) is 45.7. The van der Waals surface area contributed by atoms with Crippen molar-refractivity contribution in [1.82, 2.24) is 4.90 Å². The summed E-state index contributed by atoms with van der Waals surface area (Å²) >= 11 is 0. The average Bonchev–Trinajstić information content (AvgIpc) is 3.57. The number of aliphatic hydroxyl groups excluding tert-OH is 1. The fourth-order valence-electron chi connectivity index (χ4n) is 9.25. The van der Waals surface area contributed by atoms with Gasteiger partial charge in [-0.05, 0) is 66.3 Å². The number of rotatable bonds is 7. The van der Waals surface area contributed by atoms with Crippen LogP contribution in [0.1, 0.15) is 62.1 Å². The number of nitrogens with one attached hydrogen (secondary N) is 1. The molecule has 9 nitrogen and oxygen atoms in total. The molecule has 10 heteroatoms. The number of anilines is 2. The maximum absolute atomic E-state index is 14.4. The highest BCUT2D eigenvalue weighted by atomic mass is 28.3. The standard InChI is InChI=1S/C40H49N3O6Si/c1-26-38(50(3,4)32-17-15-31(48-2)16-18-32)35(23-37(46)43-24-28-12-9-8-11-27(28)21-30(43)25-44)49-40(26)33-22-29(14-19-34(33)41-39(40)47)42-20-10-6-5-7-13-36(42)45/h8-9,11-12,14-19,22,26,30,35,38,44H,5-7,10,13,20-21,23-25H2,1-4H3,(H,41,47)/t26-,30+,35+,38-,40+/m1/s1. The van der Waals surface area contributed by atoms with E-state index in [1.165, 1.54) is 5.19 Å². The molecule has 264 valence electrons. The van der Waals surface area contributed by atoms with Crippen LogP contribution in [0.2, 0.25) is 18.6 Å². The molecule has 50 heavy (non-hydrogen) atoms. The van der Waals surface area contributed by atoms with Crippen LogP contribution in [0, 0.1) is 5.92 Å². The zero-order valence-electron chi connectivity index (χ0n) is 29.6. The highest BCUT2D eigenvalue weighted by Gasteiger charge is 2.65. The summed E-state index contributed by atoms with van der Waals surface area (Å²) < 4.78 is 12.6. The van der Waals surface area contributed by atoms with Crippen molar-refractivity contribution in [3.63, 3.8) is 0 Å². The van der Waals surface area contributed by atoms with Crippen molar-refractivity contribution in [1.29, 1.82) is 0 Å². The van der Waals surface area contributed by atoms with Gasteiger partial charge in [-0.1, -0.05) is 74.4 Å². The lowest BCUT2D eigenvalue weighted by Crippen LogP contribution is -2.52. The van der Waals surface area contributed by atoms with E-state index >= 15 is 0 Å².